The van der Waals surface area contributed by atoms with Gasteiger partial charge in [-0.25, -0.2) is 9.97 Å². The number of fused-ring (bicyclic) bond motifs is 2. The Morgan fingerprint density at radius 3 is 2.36 bits per heavy atom. The van der Waals surface area contributed by atoms with Gasteiger partial charge in [0, 0.05) is 13.0 Å². The fourth-order valence-corrected chi connectivity index (χ4v) is 3.78. The van der Waals surface area contributed by atoms with E-state index in [9.17, 15) is 0 Å². The number of aromatic amines is 2. The van der Waals surface area contributed by atoms with Gasteiger partial charge in [0.1, 0.15) is 11.6 Å². The van der Waals surface area contributed by atoms with E-state index in [1.807, 2.05) is 36.4 Å². The lowest BCUT2D eigenvalue weighted by Gasteiger charge is -2.20. The van der Waals surface area contributed by atoms with Crippen LogP contribution in [0, 0.1) is 0 Å². The van der Waals surface area contributed by atoms with Crippen LogP contribution in [0.25, 0.3) is 22.1 Å². The first-order chi connectivity index (χ1) is 12.4. The van der Waals surface area contributed by atoms with E-state index in [1.165, 1.54) is 0 Å². The number of aromatic nitrogens is 4. The number of rotatable bonds is 4. The number of nitrogens with zero attached hydrogens (tertiary/aromatic N) is 2. The Bertz CT molecular complexity index is 947. The standard InChI is InChI=1S/C20H20N4O/c1-2-7-15-14(6-1)21-19(22-15)12-13(18-10-5-11-25-18)20-23-16-8-3-4-9-17(16)24-20/h1-4,6-9,13,18H,5,10-12H2,(H,21,22)(H,23,24)/t13?,18-/m1/s1. The van der Waals surface area contributed by atoms with Crippen molar-refractivity contribution in [2.75, 3.05) is 6.61 Å². The molecule has 4 aromatic rings. The molecule has 1 aliphatic heterocycles. The van der Waals surface area contributed by atoms with E-state index in [4.69, 9.17) is 14.7 Å². The van der Waals surface area contributed by atoms with Crippen LogP contribution in [0.5, 0.6) is 0 Å². The van der Waals surface area contributed by atoms with Gasteiger partial charge in [0.25, 0.3) is 0 Å². The van der Waals surface area contributed by atoms with Gasteiger partial charge in [-0.05, 0) is 37.1 Å². The molecule has 1 aliphatic rings. The third-order valence-electron chi connectivity index (χ3n) is 5.02. The Kier molecular flexibility index (Phi) is 3.52. The van der Waals surface area contributed by atoms with Gasteiger partial charge in [-0.3, -0.25) is 0 Å². The maximum atomic E-state index is 6.01. The molecule has 0 amide bonds. The average molecular weight is 332 g/mol. The topological polar surface area (TPSA) is 66.6 Å². The van der Waals surface area contributed by atoms with Crippen molar-refractivity contribution in [3.8, 4) is 0 Å². The largest absolute Gasteiger partial charge is 0.377 e. The van der Waals surface area contributed by atoms with E-state index in [0.29, 0.717) is 0 Å². The Hall–Kier alpha value is -2.66. The Morgan fingerprint density at radius 1 is 0.960 bits per heavy atom. The van der Waals surface area contributed by atoms with E-state index >= 15 is 0 Å². The van der Waals surface area contributed by atoms with Crippen LogP contribution in [0.3, 0.4) is 0 Å². The normalized spacial score (nSPS) is 19.0. The molecule has 2 atom stereocenters. The van der Waals surface area contributed by atoms with Gasteiger partial charge in [0.2, 0.25) is 0 Å². The molecular formula is C20H20N4O. The van der Waals surface area contributed by atoms with Gasteiger partial charge < -0.3 is 14.7 Å². The minimum atomic E-state index is 0.176. The number of ether oxygens (including phenoxy) is 1. The third-order valence-corrected chi connectivity index (χ3v) is 5.02. The maximum Gasteiger partial charge on any atom is 0.113 e. The Labute approximate surface area is 145 Å². The lowest BCUT2D eigenvalue weighted by atomic mass is 9.95. The molecule has 5 heteroatoms. The summed E-state index contributed by atoms with van der Waals surface area (Å²) in [6, 6.07) is 16.3. The van der Waals surface area contributed by atoms with Crippen LogP contribution in [-0.2, 0) is 11.2 Å². The molecule has 1 unspecified atom stereocenters. The van der Waals surface area contributed by atoms with Crippen LogP contribution in [0.1, 0.15) is 30.4 Å². The molecule has 2 aromatic carbocycles. The maximum absolute atomic E-state index is 6.01. The molecule has 3 heterocycles. The summed E-state index contributed by atoms with van der Waals surface area (Å²) in [5.41, 5.74) is 4.16. The summed E-state index contributed by atoms with van der Waals surface area (Å²) in [7, 11) is 0. The number of para-hydroxylation sites is 4. The highest BCUT2D eigenvalue weighted by atomic mass is 16.5. The van der Waals surface area contributed by atoms with Crippen LogP contribution >= 0.6 is 0 Å². The first kappa shape index (κ1) is 14.7. The van der Waals surface area contributed by atoms with Crippen LogP contribution in [0.2, 0.25) is 0 Å². The number of benzene rings is 2. The van der Waals surface area contributed by atoms with Crippen molar-refractivity contribution in [3.63, 3.8) is 0 Å². The number of imidazole rings is 2. The minimum absolute atomic E-state index is 0.176. The van der Waals surface area contributed by atoms with Crippen LogP contribution in [0.4, 0.5) is 0 Å². The number of H-pyrrole nitrogens is 2. The van der Waals surface area contributed by atoms with Gasteiger partial charge in [-0.15, -0.1) is 0 Å². The molecule has 1 fully saturated rings. The van der Waals surface area contributed by atoms with Crippen molar-refractivity contribution in [1.29, 1.82) is 0 Å². The summed E-state index contributed by atoms with van der Waals surface area (Å²) >= 11 is 0. The molecule has 2 aromatic heterocycles. The molecular weight excluding hydrogens is 312 g/mol. The fraction of sp³-hybridized carbons (Fsp3) is 0.300. The van der Waals surface area contributed by atoms with Crippen molar-refractivity contribution >= 4 is 22.1 Å². The van der Waals surface area contributed by atoms with Crippen molar-refractivity contribution in [1.82, 2.24) is 19.9 Å². The molecule has 0 bridgehead atoms. The predicted molar refractivity (Wildman–Crippen MR) is 97.6 cm³/mol. The highest BCUT2D eigenvalue weighted by Gasteiger charge is 2.30. The number of hydrogen-bond acceptors (Lipinski definition) is 3. The average Bonchev–Trinajstić information content (AvgIpc) is 3.37. The molecule has 25 heavy (non-hydrogen) atoms. The van der Waals surface area contributed by atoms with E-state index < -0.39 is 0 Å². The molecule has 1 saturated heterocycles. The Morgan fingerprint density at radius 2 is 1.68 bits per heavy atom. The van der Waals surface area contributed by atoms with Gasteiger partial charge in [-0.1, -0.05) is 24.3 Å². The second-order valence-electron chi connectivity index (χ2n) is 6.70. The number of hydrogen-bond donors (Lipinski definition) is 2. The highest BCUT2D eigenvalue weighted by Crippen LogP contribution is 2.31. The zero-order chi connectivity index (χ0) is 16.6. The minimum Gasteiger partial charge on any atom is -0.377 e. The molecule has 5 rings (SSSR count). The molecule has 0 saturated carbocycles. The predicted octanol–water partition coefficient (Wildman–Crippen LogP) is 3.94. The van der Waals surface area contributed by atoms with Gasteiger partial charge in [-0.2, -0.15) is 0 Å². The molecule has 5 nitrogen and oxygen atoms in total. The summed E-state index contributed by atoms with van der Waals surface area (Å²) in [6.45, 7) is 0.835. The van der Waals surface area contributed by atoms with E-state index in [-0.39, 0.29) is 12.0 Å². The first-order valence-corrected chi connectivity index (χ1v) is 8.87. The van der Waals surface area contributed by atoms with E-state index in [0.717, 1.165) is 59.6 Å². The highest BCUT2D eigenvalue weighted by molar-refractivity contribution is 5.75. The molecule has 126 valence electrons. The summed E-state index contributed by atoms with van der Waals surface area (Å²) in [5, 5.41) is 0. The SMILES string of the molecule is c1ccc2[nH]c(CC(c3nc4ccccc4[nH]3)[C@H]3CCCO3)nc2c1. The zero-order valence-electron chi connectivity index (χ0n) is 13.9. The lowest BCUT2D eigenvalue weighted by Crippen LogP contribution is -2.21. The molecule has 0 radical (unpaired) electrons. The first-order valence-electron chi connectivity index (χ1n) is 8.87. The smallest absolute Gasteiger partial charge is 0.113 e. The van der Waals surface area contributed by atoms with Crippen molar-refractivity contribution in [2.24, 2.45) is 0 Å². The lowest BCUT2D eigenvalue weighted by molar-refractivity contribution is 0.0858. The number of nitrogens with one attached hydrogen (secondary N) is 2. The molecule has 0 aliphatic carbocycles. The van der Waals surface area contributed by atoms with Gasteiger partial charge >= 0.3 is 0 Å². The molecule has 0 spiro atoms. The molecule has 2 N–H and O–H groups in total. The van der Waals surface area contributed by atoms with E-state index in [2.05, 4.69) is 22.1 Å². The summed E-state index contributed by atoms with van der Waals surface area (Å²) in [4.78, 5) is 16.5. The van der Waals surface area contributed by atoms with Crippen LogP contribution in [0.15, 0.2) is 48.5 Å². The van der Waals surface area contributed by atoms with Gasteiger partial charge in [0.05, 0.1) is 34.1 Å². The summed E-state index contributed by atoms with van der Waals surface area (Å²) in [6.07, 6.45) is 3.16. The zero-order valence-corrected chi connectivity index (χ0v) is 13.9. The third kappa shape index (κ3) is 2.70. The fourth-order valence-electron chi connectivity index (χ4n) is 3.78. The van der Waals surface area contributed by atoms with Crippen molar-refractivity contribution < 1.29 is 4.74 Å². The van der Waals surface area contributed by atoms with Crippen molar-refractivity contribution in [2.45, 2.75) is 31.3 Å². The summed E-state index contributed by atoms with van der Waals surface area (Å²) < 4.78 is 6.01. The second-order valence-corrected chi connectivity index (χ2v) is 6.70. The quantitative estimate of drug-likeness (QED) is 0.595. The van der Waals surface area contributed by atoms with Crippen LogP contribution in [-0.4, -0.2) is 32.6 Å². The van der Waals surface area contributed by atoms with E-state index in [1.54, 1.807) is 0 Å². The van der Waals surface area contributed by atoms with Crippen LogP contribution < -0.4 is 0 Å². The van der Waals surface area contributed by atoms with Crippen molar-refractivity contribution in [3.05, 3.63) is 60.2 Å². The van der Waals surface area contributed by atoms with Gasteiger partial charge in [0.15, 0.2) is 0 Å². The second kappa shape index (κ2) is 6.01. The summed E-state index contributed by atoms with van der Waals surface area (Å²) in [5.74, 6) is 2.16. The Balaban J connectivity index is 1.53. The monoisotopic (exact) mass is 332 g/mol.